The Kier molecular flexibility index (Phi) is 5.66. The second kappa shape index (κ2) is 7.04. The van der Waals surface area contributed by atoms with Gasteiger partial charge in [-0.25, -0.2) is 0 Å². The van der Waals surface area contributed by atoms with Crippen LogP contribution >= 0.6 is 34.5 Å². The van der Waals surface area contributed by atoms with Crippen LogP contribution in [-0.2, 0) is 0 Å². The van der Waals surface area contributed by atoms with Crippen LogP contribution in [0.2, 0.25) is 8.67 Å². The van der Waals surface area contributed by atoms with Crippen LogP contribution in [-0.4, -0.2) is 43.9 Å². The minimum atomic E-state index is 0.0678. The van der Waals surface area contributed by atoms with Gasteiger partial charge in [-0.05, 0) is 45.0 Å². The number of nitrogens with one attached hydrogen (secondary N) is 1. The molecule has 106 valence electrons. The molecule has 19 heavy (non-hydrogen) atoms. The Morgan fingerprint density at radius 1 is 1.58 bits per heavy atom. The van der Waals surface area contributed by atoms with Gasteiger partial charge < -0.3 is 5.32 Å². The van der Waals surface area contributed by atoms with Gasteiger partial charge in [-0.15, -0.1) is 11.3 Å². The summed E-state index contributed by atoms with van der Waals surface area (Å²) in [5.74, 6) is 0.700. The molecule has 0 spiro atoms. The van der Waals surface area contributed by atoms with E-state index in [1.165, 1.54) is 17.8 Å². The van der Waals surface area contributed by atoms with Crippen molar-refractivity contribution in [3.05, 3.63) is 20.3 Å². The maximum absolute atomic E-state index is 12.2. The van der Waals surface area contributed by atoms with Crippen molar-refractivity contribution in [3.63, 3.8) is 0 Å². The van der Waals surface area contributed by atoms with Crippen LogP contribution in [0.25, 0.3) is 0 Å². The van der Waals surface area contributed by atoms with Gasteiger partial charge in [0.25, 0.3) is 0 Å². The number of hydrogen-bond acceptors (Lipinski definition) is 4. The Hall–Kier alpha value is -0.130. The lowest BCUT2D eigenvalue weighted by atomic mass is 9.97. The van der Waals surface area contributed by atoms with Crippen molar-refractivity contribution < 1.29 is 4.79 Å². The van der Waals surface area contributed by atoms with E-state index in [1.807, 2.05) is 7.05 Å². The highest BCUT2D eigenvalue weighted by molar-refractivity contribution is 7.20. The van der Waals surface area contributed by atoms with Crippen molar-refractivity contribution >= 4 is 40.3 Å². The highest BCUT2D eigenvalue weighted by Crippen LogP contribution is 2.31. The maximum atomic E-state index is 12.2. The van der Waals surface area contributed by atoms with Gasteiger partial charge >= 0.3 is 0 Å². The van der Waals surface area contributed by atoms with Crippen molar-refractivity contribution in [2.45, 2.75) is 12.8 Å². The largest absolute Gasteiger partial charge is 0.319 e. The number of hydrogen-bond donors (Lipinski definition) is 1. The van der Waals surface area contributed by atoms with Gasteiger partial charge in [-0.2, -0.15) is 0 Å². The number of piperidine rings is 1. The zero-order valence-electron chi connectivity index (χ0n) is 10.9. The number of carbonyl (C=O) groups is 1. The second-order valence-corrected chi connectivity index (χ2v) is 7.25. The van der Waals surface area contributed by atoms with Crippen LogP contribution < -0.4 is 5.32 Å². The first kappa shape index (κ1) is 15.3. The Balaban J connectivity index is 1.93. The molecule has 0 saturated carbocycles. The first-order valence-electron chi connectivity index (χ1n) is 6.45. The molecule has 1 unspecified atom stereocenters. The molecule has 1 saturated heterocycles. The fourth-order valence-electron chi connectivity index (χ4n) is 2.57. The summed E-state index contributed by atoms with van der Waals surface area (Å²) in [6.07, 6.45) is 2.38. The zero-order valence-corrected chi connectivity index (χ0v) is 13.2. The normalized spacial score (nSPS) is 20.7. The summed E-state index contributed by atoms with van der Waals surface area (Å²) in [5.41, 5.74) is 0.562. The third-order valence-electron chi connectivity index (χ3n) is 3.42. The van der Waals surface area contributed by atoms with Crippen molar-refractivity contribution in [3.8, 4) is 0 Å². The van der Waals surface area contributed by atoms with E-state index in [-0.39, 0.29) is 5.78 Å². The average Bonchev–Trinajstić information content (AvgIpc) is 2.69. The highest BCUT2D eigenvalue weighted by atomic mass is 35.5. The minimum absolute atomic E-state index is 0.0678. The van der Waals surface area contributed by atoms with Crippen molar-refractivity contribution in [2.24, 2.45) is 5.92 Å². The van der Waals surface area contributed by atoms with Crippen molar-refractivity contribution in [2.75, 3.05) is 33.2 Å². The number of nitrogens with zero attached hydrogens (tertiary/aromatic N) is 1. The highest BCUT2D eigenvalue weighted by Gasteiger charge is 2.23. The Morgan fingerprint density at radius 2 is 2.37 bits per heavy atom. The lowest BCUT2D eigenvalue weighted by molar-refractivity contribution is 0.0887. The van der Waals surface area contributed by atoms with Crippen LogP contribution in [0.1, 0.15) is 23.2 Å². The lowest BCUT2D eigenvalue weighted by Crippen LogP contribution is -2.41. The molecule has 1 aliphatic rings. The zero-order chi connectivity index (χ0) is 13.8. The fraction of sp³-hybridized carbons (Fsp3) is 0.615. The average molecular weight is 321 g/mol. The molecule has 1 aliphatic heterocycles. The molecule has 0 radical (unpaired) electrons. The maximum Gasteiger partial charge on any atom is 0.179 e. The van der Waals surface area contributed by atoms with Gasteiger partial charge in [0.2, 0.25) is 0 Å². The molecule has 0 bridgehead atoms. The van der Waals surface area contributed by atoms with E-state index in [9.17, 15) is 4.79 Å². The summed E-state index contributed by atoms with van der Waals surface area (Å²) < 4.78 is 1.07. The van der Waals surface area contributed by atoms with E-state index in [4.69, 9.17) is 23.2 Å². The molecule has 1 aromatic rings. The summed E-state index contributed by atoms with van der Waals surface area (Å²) in [4.78, 5) is 14.4. The monoisotopic (exact) mass is 320 g/mol. The molecule has 0 aromatic carbocycles. The molecule has 2 rings (SSSR count). The van der Waals surface area contributed by atoms with E-state index < -0.39 is 0 Å². The minimum Gasteiger partial charge on any atom is -0.319 e. The lowest BCUT2D eigenvalue weighted by Gasteiger charge is -2.32. The van der Waals surface area contributed by atoms with Crippen LogP contribution in [0.15, 0.2) is 6.07 Å². The van der Waals surface area contributed by atoms with E-state index >= 15 is 0 Å². The SMILES string of the molecule is CNCC1CCCN(CC(=O)c2cc(Cl)sc2Cl)C1. The third-order valence-corrected chi connectivity index (χ3v) is 4.91. The van der Waals surface area contributed by atoms with Crippen LogP contribution in [0, 0.1) is 5.92 Å². The molecule has 3 nitrogen and oxygen atoms in total. The number of rotatable bonds is 5. The number of halogens is 2. The summed E-state index contributed by atoms with van der Waals surface area (Å²) >= 11 is 13.1. The molecule has 1 fully saturated rings. The van der Waals surface area contributed by atoms with Crippen LogP contribution in [0.5, 0.6) is 0 Å². The van der Waals surface area contributed by atoms with Crippen LogP contribution in [0.4, 0.5) is 0 Å². The van der Waals surface area contributed by atoms with Gasteiger partial charge in [0.15, 0.2) is 5.78 Å². The number of likely N-dealkylation sites (tertiary alicyclic amines) is 1. The number of Topliss-reactive ketones (excluding diaryl/α,β-unsaturated/α-hetero) is 1. The summed E-state index contributed by atoms with van der Waals surface area (Å²) in [5, 5.41) is 3.21. The second-order valence-electron chi connectivity index (χ2n) is 4.96. The van der Waals surface area contributed by atoms with E-state index in [2.05, 4.69) is 10.2 Å². The number of thiophene rings is 1. The summed E-state index contributed by atoms with van der Waals surface area (Å²) in [6, 6.07) is 1.67. The standard InChI is InChI=1S/C13H18Cl2N2OS/c1-16-6-9-3-2-4-17(7-9)8-11(18)10-5-12(14)19-13(10)15/h5,9,16H,2-4,6-8H2,1H3. The van der Waals surface area contributed by atoms with Crippen molar-refractivity contribution in [1.82, 2.24) is 10.2 Å². The first-order valence-corrected chi connectivity index (χ1v) is 8.02. The Labute approximate surface area is 127 Å². The van der Waals surface area contributed by atoms with Gasteiger partial charge in [0.1, 0.15) is 4.34 Å². The van der Waals surface area contributed by atoms with E-state index in [0.29, 0.717) is 26.7 Å². The summed E-state index contributed by atoms with van der Waals surface area (Å²) in [7, 11) is 1.97. The number of ketones is 1. The predicted molar refractivity (Wildman–Crippen MR) is 81.8 cm³/mol. The first-order chi connectivity index (χ1) is 9.10. The molecule has 0 aliphatic carbocycles. The van der Waals surface area contributed by atoms with Gasteiger partial charge in [0, 0.05) is 6.54 Å². The van der Waals surface area contributed by atoms with Gasteiger partial charge in [-0.3, -0.25) is 9.69 Å². The van der Waals surface area contributed by atoms with E-state index in [0.717, 1.165) is 26.1 Å². The van der Waals surface area contributed by atoms with Crippen LogP contribution in [0.3, 0.4) is 0 Å². The Morgan fingerprint density at radius 3 is 3.00 bits per heavy atom. The summed E-state index contributed by atoms with van der Waals surface area (Å²) in [6.45, 7) is 3.41. The molecule has 0 amide bonds. The fourth-order valence-corrected chi connectivity index (χ4v) is 4.07. The van der Waals surface area contributed by atoms with E-state index in [1.54, 1.807) is 6.07 Å². The predicted octanol–water partition coefficient (Wildman–Crippen LogP) is 3.17. The Bertz CT molecular complexity index is 448. The molecule has 6 heteroatoms. The molecular weight excluding hydrogens is 303 g/mol. The molecular formula is C13H18Cl2N2OS. The van der Waals surface area contributed by atoms with Gasteiger partial charge in [0.05, 0.1) is 16.4 Å². The molecule has 1 atom stereocenters. The van der Waals surface area contributed by atoms with Crippen molar-refractivity contribution in [1.29, 1.82) is 0 Å². The molecule has 1 aromatic heterocycles. The molecule has 1 N–H and O–H groups in total. The smallest absolute Gasteiger partial charge is 0.179 e. The number of carbonyl (C=O) groups excluding carboxylic acids is 1. The third kappa shape index (κ3) is 4.17. The molecule has 2 heterocycles. The topological polar surface area (TPSA) is 32.3 Å². The van der Waals surface area contributed by atoms with Gasteiger partial charge in [-0.1, -0.05) is 23.2 Å². The quantitative estimate of drug-likeness (QED) is 0.846.